The zero-order valence-corrected chi connectivity index (χ0v) is 19.2. The third kappa shape index (κ3) is 6.12. The third-order valence-electron chi connectivity index (χ3n) is 4.28. The molecule has 0 atom stereocenters. The van der Waals surface area contributed by atoms with E-state index in [1.54, 1.807) is 56.0 Å². The molecule has 32 heavy (non-hydrogen) atoms. The SMILES string of the molecule is COc1ccc(OC)c(-c2csc(NC(=O)COC(=O)COc3ccc(Cl)c(C)c3)n2)c1. The van der Waals surface area contributed by atoms with Crippen molar-refractivity contribution in [3.8, 4) is 28.5 Å². The molecule has 1 heterocycles. The van der Waals surface area contributed by atoms with Crippen LogP contribution in [0, 0.1) is 6.92 Å². The van der Waals surface area contributed by atoms with Crippen LogP contribution in [0.5, 0.6) is 17.2 Å². The first-order valence-corrected chi connectivity index (χ1v) is 10.7. The zero-order chi connectivity index (χ0) is 23.1. The summed E-state index contributed by atoms with van der Waals surface area (Å²) in [6, 6.07) is 10.4. The van der Waals surface area contributed by atoms with Crippen LogP contribution in [0.4, 0.5) is 5.13 Å². The fourth-order valence-electron chi connectivity index (χ4n) is 2.66. The van der Waals surface area contributed by atoms with E-state index in [0.717, 1.165) is 11.1 Å². The number of ether oxygens (including phenoxy) is 4. The summed E-state index contributed by atoms with van der Waals surface area (Å²) in [5.41, 5.74) is 2.17. The molecule has 168 valence electrons. The Hall–Kier alpha value is -3.30. The Morgan fingerprint density at radius 2 is 1.84 bits per heavy atom. The number of aryl methyl sites for hydroxylation is 1. The number of anilines is 1. The first-order valence-electron chi connectivity index (χ1n) is 9.42. The van der Waals surface area contributed by atoms with E-state index < -0.39 is 18.5 Å². The number of methoxy groups -OCH3 is 2. The molecule has 0 spiro atoms. The number of rotatable bonds is 9. The van der Waals surface area contributed by atoms with E-state index in [-0.39, 0.29) is 6.61 Å². The van der Waals surface area contributed by atoms with Crippen molar-refractivity contribution in [1.29, 1.82) is 0 Å². The number of hydrogen-bond acceptors (Lipinski definition) is 8. The number of carbonyl (C=O) groups is 2. The van der Waals surface area contributed by atoms with Crippen molar-refractivity contribution in [2.75, 3.05) is 32.8 Å². The first kappa shape index (κ1) is 23.4. The van der Waals surface area contributed by atoms with Gasteiger partial charge in [0.15, 0.2) is 18.3 Å². The van der Waals surface area contributed by atoms with Crippen LogP contribution in [-0.4, -0.2) is 44.3 Å². The molecule has 2 aromatic carbocycles. The minimum Gasteiger partial charge on any atom is -0.497 e. The van der Waals surface area contributed by atoms with Gasteiger partial charge in [0.1, 0.15) is 17.2 Å². The van der Waals surface area contributed by atoms with Crippen LogP contribution in [0.1, 0.15) is 5.56 Å². The van der Waals surface area contributed by atoms with Crippen molar-refractivity contribution < 1.29 is 28.5 Å². The number of benzene rings is 2. The third-order valence-corrected chi connectivity index (χ3v) is 5.47. The Balaban J connectivity index is 1.51. The fourth-order valence-corrected chi connectivity index (χ4v) is 3.51. The second kappa shape index (κ2) is 10.8. The van der Waals surface area contributed by atoms with Gasteiger partial charge in [-0.05, 0) is 48.9 Å². The molecule has 0 saturated carbocycles. The topological polar surface area (TPSA) is 96.0 Å². The van der Waals surface area contributed by atoms with Crippen LogP contribution in [0.15, 0.2) is 41.8 Å². The van der Waals surface area contributed by atoms with Crippen LogP contribution in [0.25, 0.3) is 11.3 Å². The van der Waals surface area contributed by atoms with E-state index >= 15 is 0 Å². The summed E-state index contributed by atoms with van der Waals surface area (Å²) in [5, 5.41) is 5.35. The maximum Gasteiger partial charge on any atom is 0.344 e. The lowest BCUT2D eigenvalue weighted by molar-refractivity contribution is -0.149. The second-order valence-corrected chi connectivity index (χ2v) is 7.78. The maximum atomic E-state index is 12.1. The van der Waals surface area contributed by atoms with Crippen LogP contribution in [0.2, 0.25) is 5.02 Å². The molecule has 0 aliphatic rings. The molecule has 0 fully saturated rings. The smallest absolute Gasteiger partial charge is 0.344 e. The van der Waals surface area contributed by atoms with Gasteiger partial charge in [-0.15, -0.1) is 11.3 Å². The van der Waals surface area contributed by atoms with Crippen molar-refractivity contribution in [2.45, 2.75) is 6.92 Å². The maximum absolute atomic E-state index is 12.1. The number of aromatic nitrogens is 1. The second-order valence-electron chi connectivity index (χ2n) is 6.51. The van der Waals surface area contributed by atoms with Gasteiger partial charge in [0, 0.05) is 16.0 Å². The lowest BCUT2D eigenvalue weighted by Gasteiger charge is -2.08. The van der Waals surface area contributed by atoms with Crippen molar-refractivity contribution in [3.63, 3.8) is 0 Å². The number of carbonyl (C=O) groups excluding carboxylic acids is 2. The quantitative estimate of drug-likeness (QED) is 0.458. The van der Waals surface area contributed by atoms with E-state index in [9.17, 15) is 9.59 Å². The number of esters is 1. The number of nitrogens with zero attached hydrogens (tertiary/aromatic N) is 1. The van der Waals surface area contributed by atoms with E-state index in [2.05, 4.69) is 10.3 Å². The Bertz CT molecular complexity index is 1120. The first-order chi connectivity index (χ1) is 15.4. The van der Waals surface area contributed by atoms with Crippen LogP contribution >= 0.6 is 22.9 Å². The molecule has 1 amide bonds. The number of halogens is 1. The Morgan fingerprint density at radius 3 is 2.56 bits per heavy atom. The molecule has 0 bridgehead atoms. The van der Waals surface area contributed by atoms with Gasteiger partial charge < -0.3 is 18.9 Å². The molecular formula is C22H21ClN2O6S. The van der Waals surface area contributed by atoms with Gasteiger partial charge in [-0.3, -0.25) is 10.1 Å². The average Bonchev–Trinajstić information content (AvgIpc) is 3.26. The summed E-state index contributed by atoms with van der Waals surface area (Å²) in [6.07, 6.45) is 0. The Morgan fingerprint density at radius 1 is 1.06 bits per heavy atom. The Labute approximate surface area is 194 Å². The van der Waals surface area contributed by atoms with Gasteiger partial charge >= 0.3 is 5.97 Å². The van der Waals surface area contributed by atoms with Gasteiger partial charge in [-0.2, -0.15) is 0 Å². The standard InChI is InChI=1S/C22H21ClN2O6S/c1-13-8-15(4-6-17(13)23)30-11-21(27)31-10-20(26)25-22-24-18(12-32-22)16-9-14(28-2)5-7-19(16)29-3/h4-9,12H,10-11H2,1-3H3,(H,24,25,26). The van der Waals surface area contributed by atoms with Crippen LogP contribution in [0.3, 0.4) is 0 Å². The summed E-state index contributed by atoms with van der Waals surface area (Å²) < 4.78 is 20.9. The lowest BCUT2D eigenvalue weighted by atomic mass is 10.1. The lowest BCUT2D eigenvalue weighted by Crippen LogP contribution is -2.23. The predicted molar refractivity (Wildman–Crippen MR) is 122 cm³/mol. The fraction of sp³-hybridized carbons (Fsp3) is 0.227. The Kier molecular flexibility index (Phi) is 7.91. The van der Waals surface area contributed by atoms with Gasteiger partial charge in [0.05, 0.1) is 19.9 Å². The molecule has 1 N–H and O–H groups in total. The molecule has 0 aliphatic heterocycles. The minimum atomic E-state index is -0.673. The molecule has 0 aliphatic carbocycles. The highest BCUT2D eigenvalue weighted by Crippen LogP contribution is 2.35. The van der Waals surface area contributed by atoms with E-state index in [1.165, 1.54) is 11.3 Å². The number of hydrogen-bond donors (Lipinski definition) is 1. The number of amides is 1. The van der Waals surface area contributed by atoms with Gasteiger partial charge in [-0.25, -0.2) is 9.78 Å². The van der Waals surface area contributed by atoms with E-state index in [0.29, 0.717) is 33.1 Å². The number of nitrogens with one attached hydrogen (secondary N) is 1. The largest absolute Gasteiger partial charge is 0.497 e. The van der Waals surface area contributed by atoms with Crippen molar-refractivity contribution in [3.05, 3.63) is 52.4 Å². The monoisotopic (exact) mass is 476 g/mol. The van der Waals surface area contributed by atoms with Crippen molar-refractivity contribution >= 4 is 39.9 Å². The molecule has 1 aromatic heterocycles. The minimum absolute atomic E-state index is 0.328. The van der Waals surface area contributed by atoms with E-state index in [1.807, 2.05) is 6.92 Å². The molecule has 3 rings (SSSR count). The molecule has 0 saturated heterocycles. The number of thiazole rings is 1. The van der Waals surface area contributed by atoms with Gasteiger partial charge in [0.25, 0.3) is 5.91 Å². The van der Waals surface area contributed by atoms with Crippen LogP contribution < -0.4 is 19.5 Å². The van der Waals surface area contributed by atoms with Gasteiger partial charge in [-0.1, -0.05) is 11.6 Å². The highest BCUT2D eigenvalue weighted by molar-refractivity contribution is 7.14. The van der Waals surface area contributed by atoms with E-state index in [4.69, 9.17) is 30.5 Å². The van der Waals surface area contributed by atoms with Gasteiger partial charge in [0.2, 0.25) is 0 Å². The average molecular weight is 477 g/mol. The highest BCUT2D eigenvalue weighted by atomic mass is 35.5. The molecule has 8 nitrogen and oxygen atoms in total. The van der Waals surface area contributed by atoms with Crippen molar-refractivity contribution in [2.24, 2.45) is 0 Å². The zero-order valence-electron chi connectivity index (χ0n) is 17.6. The normalized spacial score (nSPS) is 10.4. The summed E-state index contributed by atoms with van der Waals surface area (Å²) in [5.74, 6) is 0.575. The molecule has 10 heteroatoms. The summed E-state index contributed by atoms with van der Waals surface area (Å²) >= 11 is 7.19. The predicted octanol–water partition coefficient (Wildman–Crippen LogP) is 4.35. The molecule has 0 radical (unpaired) electrons. The van der Waals surface area contributed by atoms with Crippen molar-refractivity contribution in [1.82, 2.24) is 4.98 Å². The molecular weight excluding hydrogens is 456 g/mol. The summed E-state index contributed by atoms with van der Waals surface area (Å²) in [4.78, 5) is 28.4. The molecule has 0 unspecified atom stereocenters. The molecule has 3 aromatic rings. The van der Waals surface area contributed by atoms with Crippen LogP contribution in [-0.2, 0) is 14.3 Å². The summed E-state index contributed by atoms with van der Waals surface area (Å²) in [6.45, 7) is 1.04. The summed E-state index contributed by atoms with van der Waals surface area (Å²) in [7, 11) is 3.13. The highest BCUT2D eigenvalue weighted by Gasteiger charge is 2.14.